The van der Waals surface area contributed by atoms with Crippen molar-refractivity contribution in [2.45, 2.75) is 37.4 Å². The zero-order valence-electron chi connectivity index (χ0n) is 15.3. The van der Waals surface area contributed by atoms with Gasteiger partial charge in [-0.1, -0.05) is 56.0 Å². The van der Waals surface area contributed by atoms with Gasteiger partial charge in [0.2, 0.25) is 5.91 Å². The minimum Gasteiger partial charge on any atom is -0.311 e. The third kappa shape index (κ3) is 3.47. The second-order valence-electron chi connectivity index (χ2n) is 6.69. The van der Waals surface area contributed by atoms with E-state index in [1.54, 1.807) is 23.1 Å². The SMILES string of the molecule is CC.O=C(CSc1nc2c(s1)=CC1CC1C=2)N1CCCc2ccccc21. The fourth-order valence-electron chi connectivity index (χ4n) is 3.63. The average Bonchev–Trinajstić information content (AvgIpc) is 3.33. The van der Waals surface area contributed by atoms with Gasteiger partial charge in [-0.15, -0.1) is 11.3 Å². The van der Waals surface area contributed by atoms with Crippen LogP contribution < -0.4 is 14.8 Å². The molecule has 2 aliphatic carbocycles. The first-order chi connectivity index (χ1) is 12.8. The Hall–Kier alpha value is -1.59. The van der Waals surface area contributed by atoms with Crippen LogP contribution in [0.2, 0.25) is 0 Å². The summed E-state index contributed by atoms with van der Waals surface area (Å²) in [5.74, 6) is 2.13. The summed E-state index contributed by atoms with van der Waals surface area (Å²) in [6.07, 6.45) is 8.08. The molecule has 2 atom stereocenters. The van der Waals surface area contributed by atoms with Gasteiger partial charge >= 0.3 is 0 Å². The molecular formula is C21H24N2OS2. The first-order valence-electron chi connectivity index (χ1n) is 9.49. The summed E-state index contributed by atoms with van der Waals surface area (Å²) >= 11 is 3.32. The molecule has 1 aromatic carbocycles. The molecule has 136 valence electrons. The van der Waals surface area contributed by atoms with E-state index in [-0.39, 0.29) is 5.91 Å². The standard InChI is InChI=1S/C19H18N2OS2.C2H6/c22-18(21-7-3-5-12-4-1-2-6-16(12)21)11-23-19-20-15-9-13-8-14(13)10-17(15)24-19;1-2/h1-2,4,6,9-10,13-14H,3,5,7-8,11H2;1-2H3. The van der Waals surface area contributed by atoms with Crippen LogP contribution in [-0.2, 0) is 11.2 Å². The van der Waals surface area contributed by atoms with E-state index in [2.05, 4.69) is 30.4 Å². The van der Waals surface area contributed by atoms with E-state index in [0.29, 0.717) is 5.75 Å². The Labute approximate surface area is 162 Å². The second kappa shape index (κ2) is 7.57. The lowest BCUT2D eigenvalue weighted by Crippen LogP contribution is -2.36. The fourth-order valence-corrected chi connectivity index (χ4v) is 5.67. The lowest BCUT2D eigenvalue weighted by atomic mass is 10.0. The van der Waals surface area contributed by atoms with Gasteiger partial charge in [0.15, 0.2) is 4.34 Å². The monoisotopic (exact) mass is 384 g/mol. The van der Waals surface area contributed by atoms with Crippen LogP contribution in [0, 0.1) is 11.8 Å². The minimum absolute atomic E-state index is 0.191. The van der Waals surface area contributed by atoms with Crippen molar-refractivity contribution in [1.29, 1.82) is 0 Å². The molecule has 0 bridgehead atoms. The summed E-state index contributed by atoms with van der Waals surface area (Å²) in [5.41, 5.74) is 2.38. The molecule has 0 saturated heterocycles. The molecule has 26 heavy (non-hydrogen) atoms. The van der Waals surface area contributed by atoms with Crippen molar-refractivity contribution >= 4 is 46.8 Å². The Bertz CT molecular complexity index is 896. The van der Waals surface area contributed by atoms with Gasteiger partial charge in [-0.2, -0.15) is 0 Å². The molecule has 3 nitrogen and oxygen atoms in total. The zero-order chi connectivity index (χ0) is 18.1. The summed E-state index contributed by atoms with van der Waals surface area (Å²) in [5, 5.41) is 1.14. The van der Waals surface area contributed by atoms with Gasteiger partial charge in [0.05, 0.1) is 15.6 Å². The van der Waals surface area contributed by atoms with E-state index in [0.717, 1.165) is 46.6 Å². The van der Waals surface area contributed by atoms with Crippen molar-refractivity contribution in [3.63, 3.8) is 0 Å². The van der Waals surface area contributed by atoms with Crippen molar-refractivity contribution in [3.8, 4) is 0 Å². The smallest absolute Gasteiger partial charge is 0.237 e. The highest BCUT2D eigenvalue weighted by atomic mass is 32.2. The first-order valence-corrected chi connectivity index (χ1v) is 11.3. The molecule has 1 aliphatic heterocycles. The van der Waals surface area contributed by atoms with Crippen molar-refractivity contribution in [3.05, 3.63) is 39.7 Å². The zero-order valence-corrected chi connectivity index (χ0v) is 16.9. The highest BCUT2D eigenvalue weighted by Crippen LogP contribution is 2.42. The largest absolute Gasteiger partial charge is 0.311 e. The van der Waals surface area contributed by atoms with Crippen molar-refractivity contribution in [2.75, 3.05) is 17.2 Å². The van der Waals surface area contributed by atoms with Gasteiger partial charge in [-0.05, 0) is 42.7 Å². The number of thiazole rings is 1. The molecule has 0 radical (unpaired) electrons. The molecule has 1 aromatic heterocycles. The molecule has 2 unspecified atom stereocenters. The van der Waals surface area contributed by atoms with Gasteiger partial charge in [0.1, 0.15) is 0 Å². The Morgan fingerprint density at radius 3 is 2.96 bits per heavy atom. The number of aryl methyl sites for hydroxylation is 1. The third-order valence-corrected chi connectivity index (χ3v) is 7.18. The van der Waals surface area contributed by atoms with Crippen LogP contribution in [0.25, 0.3) is 12.2 Å². The highest BCUT2D eigenvalue weighted by Gasteiger charge is 2.35. The Balaban J connectivity index is 0.000000814. The molecule has 5 heteroatoms. The summed E-state index contributed by atoms with van der Waals surface area (Å²) < 4.78 is 2.32. The van der Waals surface area contributed by atoms with Gasteiger partial charge in [-0.3, -0.25) is 4.79 Å². The van der Waals surface area contributed by atoms with Gasteiger partial charge in [0, 0.05) is 12.2 Å². The fraction of sp³-hybridized carbons (Fsp3) is 0.429. The maximum atomic E-state index is 12.7. The number of hydrogen-bond acceptors (Lipinski definition) is 4. The molecule has 5 rings (SSSR count). The number of aromatic nitrogens is 1. The van der Waals surface area contributed by atoms with Crippen LogP contribution >= 0.6 is 23.1 Å². The van der Waals surface area contributed by atoms with Crippen LogP contribution in [0.3, 0.4) is 0 Å². The van der Waals surface area contributed by atoms with Crippen LogP contribution in [0.4, 0.5) is 5.69 Å². The molecule has 1 fully saturated rings. The molecule has 1 amide bonds. The number of fused-ring (bicyclic) bond motifs is 3. The number of benzene rings is 1. The predicted octanol–water partition coefficient (Wildman–Crippen LogP) is 3.45. The molecular weight excluding hydrogens is 360 g/mol. The number of amides is 1. The van der Waals surface area contributed by atoms with Crippen LogP contribution in [0.15, 0.2) is 28.6 Å². The molecule has 2 heterocycles. The highest BCUT2D eigenvalue weighted by molar-refractivity contribution is 8.01. The van der Waals surface area contributed by atoms with E-state index in [1.807, 2.05) is 24.8 Å². The number of carbonyl (C=O) groups excluding carboxylic acids is 1. The van der Waals surface area contributed by atoms with Crippen LogP contribution in [0.1, 0.15) is 32.3 Å². The third-order valence-electron chi connectivity index (χ3n) is 5.02. The first kappa shape index (κ1) is 17.8. The van der Waals surface area contributed by atoms with Gasteiger partial charge < -0.3 is 4.90 Å². The van der Waals surface area contributed by atoms with Gasteiger partial charge in [0.25, 0.3) is 0 Å². The van der Waals surface area contributed by atoms with Crippen LogP contribution in [-0.4, -0.2) is 23.2 Å². The Kier molecular flexibility index (Phi) is 5.18. The maximum absolute atomic E-state index is 12.7. The maximum Gasteiger partial charge on any atom is 0.237 e. The summed E-state index contributed by atoms with van der Waals surface area (Å²) in [4.78, 5) is 19.4. The molecule has 1 saturated carbocycles. The summed E-state index contributed by atoms with van der Waals surface area (Å²) in [6, 6.07) is 8.27. The Morgan fingerprint density at radius 1 is 1.27 bits per heavy atom. The van der Waals surface area contributed by atoms with E-state index >= 15 is 0 Å². The number of thioether (sulfide) groups is 1. The number of carbonyl (C=O) groups is 1. The van der Waals surface area contributed by atoms with Crippen LogP contribution in [0.5, 0.6) is 0 Å². The van der Waals surface area contributed by atoms with Crippen molar-refractivity contribution < 1.29 is 4.79 Å². The van der Waals surface area contributed by atoms with E-state index < -0.39 is 0 Å². The predicted molar refractivity (Wildman–Crippen MR) is 111 cm³/mol. The summed E-state index contributed by atoms with van der Waals surface area (Å²) in [7, 11) is 0. The molecule has 0 spiro atoms. The molecule has 0 N–H and O–H groups in total. The summed E-state index contributed by atoms with van der Waals surface area (Å²) in [6.45, 7) is 4.83. The van der Waals surface area contributed by atoms with E-state index in [9.17, 15) is 4.79 Å². The quantitative estimate of drug-likeness (QED) is 0.760. The topological polar surface area (TPSA) is 33.2 Å². The van der Waals surface area contributed by atoms with E-state index in [1.165, 1.54) is 16.5 Å². The number of nitrogens with zero attached hydrogens (tertiary/aromatic N) is 2. The minimum atomic E-state index is 0.191. The lowest BCUT2D eigenvalue weighted by Gasteiger charge is -2.29. The lowest BCUT2D eigenvalue weighted by molar-refractivity contribution is -0.116. The van der Waals surface area contributed by atoms with E-state index in [4.69, 9.17) is 4.98 Å². The second-order valence-corrected chi connectivity index (χ2v) is 8.95. The van der Waals surface area contributed by atoms with Gasteiger partial charge in [-0.25, -0.2) is 4.98 Å². The number of para-hydroxylation sites is 1. The average molecular weight is 385 g/mol. The molecule has 2 aromatic rings. The number of anilines is 1. The number of hydrogen-bond donors (Lipinski definition) is 0. The number of rotatable bonds is 3. The Morgan fingerprint density at radius 2 is 2.08 bits per heavy atom. The normalized spacial score (nSPS) is 21.8. The van der Waals surface area contributed by atoms with Crippen molar-refractivity contribution in [1.82, 2.24) is 4.98 Å². The van der Waals surface area contributed by atoms with Crippen molar-refractivity contribution in [2.24, 2.45) is 11.8 Å². The molecule has 3 aliphatic rings.